The van der Waals surface area contributed by atoms with E-state index in [1.165, 1.54) is 17.8 Å². The lowest BCUT2D eigenvalue weighted by Crippen LogP contribution is -2.01. The molecule has 0 amide bonds. The summed E-state index contributed by atoms with van der Waals surface area (Å²) in [5.74, 6) is 0.823. The molecule has 1 aliphatic rings. The first kappa shape index (κ1) is 19.3. The van der Waals surface area contributed by atoms with Crippen molar-refractivity contribution in [3.63, 3.8) is 0 Å². The predicted octanol–water partition coefficient (Wildman–Crippen LogP) is 6.13. The third-order valence-corrected chi connectivity index (χ3v) is 5.58. The number of Topliss-reactive ketones (excluding diaryl/α,β-unsaturated/α-hetero) is 1. The standard InChI is InChI=1S/C24H19FO3S/c1-2-27-21-13-16(14-23-24(26)18-8-4-6-10-22(18)29-23)11-12-20(21)28-15-17-7-3-5-9-19(17)25/h3-14H,2,15H2,1H3/b23-14-. The van der Waals surface area contributed by atoms with Gasteiger partial charge in [-0.1, -0.05) is 48.2 Å². The van der Waals surface area contributed by atoms with Crippen molar-refractivity contribution in [3.8, 4) is 11.5 Å². The summed E-state index contributed by atoms with van der Waals surface area (Å²) in [6, 6.07) is 19.6. The van der Waals surface area contributed by atoms with Crippen LogP contribution in [0.25, 0.3) is 6.08 Å². The third kappa shape index (κ3) is 4.20. The monoisotopic (exact) mass is 406 g/mol. The maximum atomic E-state index is 13.8. The molecule has 3 aromatic carbocycles. The van der Waals surface area contributed by atoms with Gasteiger partial charge in [0, 0.05) is 16.0 Å². The van der Waals surface area contributed by atoms with E-state index in [1.807, 2.05) is 49.4 Å². The molecular weight excluding hydrogens is 387 g/mol. The summed E-state index contributed by atoms with van der Waals surface area (Å²) in [7, 11) is 0. The molecule has 0 saturated heterocycles. The maximum absolute atomic E-state index is 13.8. The summed E-state index contributed by atoms with van der Waals surface area (Å²) in [4.78, 5) is 14.2. The molecule has 3 nitrogen and oxygen atoms in total. The SMILES string of the molecule is CCOc1cc(/C=C2\Sc3ccccc3C2=O)ccc1OCc1ccccc1F. The molecule has 0 aromatic heterocycles. The number of rotatable bonds is 6. The van der Waals surface area contributed by atoms with Gasteiger partial charge in [0.15, 0.2) is 11.5 Å². The van der Waals surface area contributed by atoms with Gasteiger partial charge in [0.05, 0.1) is 11.5 Å². The Hall–Kier alpha value is -3.05. The Morgan fingerprint density at radius 1 is 0.966 bits per heavy atom. The molecule has 1 aliphatic heterocycles. The Kier molecular flexibility index (Phi) is 5.67. The summed E-state index contributed by atoms with van der Waals surface area (Å²) < 4.78 is 25.3. The van der Waals surface area contributed by atoms with Crippen molar-refractivity contribution in [2.24, 2.45) is 0 Å². The van der Waals surface area contributed by atoms with E-state index in [-0.39, 0.29) is 18.2 Å². The molecule has 0 unspecified atom stereocenters. The zero-order valence-electron chi connectivity index (χ0n) is 15.9. The highest BCUT2D eigenvalue weighted by atomic mass is 32.2. The van der Waals surface area contributed by atoms with Gasteiger partial charge in [0.1, 0.15) is 12.4 Å². The molecule has 0 fully saturated rings. The molecule has 3 aromatic rings. The van der Waals surface area contributed by atoms with Gasteiger partial charge in [0.2, 0.25) is 5.78 Å². The van der Waals surface area contributed by atoms with Gasteiger partial charge in [-0.25, -0.2) is 4.39 Å². The number of thioether (sulfide) groups is 1. The van der Waals surface area contributed by atoms with E-state index in [0.29, 0.717) is 28.6 Å². The average Bonchev–Trinajstić information content (AvgIpc) is 3.04. The molecule has 29 heavy (non-hydrogen) atoms. The van der Waals surface area contributed by atoms with Crippen LogP contribution >= 0.6 is 11.8 Å². The number of hydrogen-bond acceptors (Lipinski definition) is 4. The molecule has 5 heteroatoms. The lowest BCUT2D eigenvalue weighted by molar-refractivity contribution is 0.104. The number of fused-ring (bicyclic) bond motifs is 1. The van der Waals surface area contributed by atoms with Gasteiger partial charge < -0.3 is 9.47 Å². The fourth-order valence-electron chi connectivity index (χ4n) is 3.06. The molecule has 0 N–H and O–H groups in total. The van der Waals surface area contributed by atoms with Gasteiger partial charge in [-0.15, -0.1) is 0 Å². The predicted molar refractivity (Wildman–Crippen MR) is 113 cm³/mol. The van der Waals surface area contributed by atoms with Crippen molar-refractivity contribution in [2.75, 3.05) is 6.61 Å². The first-order valence-corrected chi connectivity index (χ1v) is 10.1. The third-order valence-electron chi connectivity index (χ3n) is 4.48. The van der Waals surface area contributed by atoms with Crippen molar-refractivity contribution >= 4 is 23.6 Å². The second-order valence-corrected chi connectivity index (χ2v) is 7.54. The van der Waals surface area contributed by atoms with Gasteiger partial charge in [-0.05, 0) is 48.9 Å². The maximum Gasteiger partial charge on any atom is 0.200 e. The van der Waals surface area contributed by atoms with Crippen LogP contribution in [0.5, 0.6) is 11.5 Å². The van der Waals surface area contributed by atoms with Crippen LogP contribution in [0.2, 0.25) is 0 Å². The van der Waals surface area contributed by atoms with E-state index in [2.05, 4.69) is 0 Å². The van der Waals surface area contributed by atoms with E-state index in [9.17, 15) is 9.18 Å². The Labute approximate surface area is 173 Å². The lowest BCUT2D eigenvalue weighted by Gasteiger charge is -2.13. The lowest BCUT2D eigenvalue weighted by atomic mass is 10.1. The smallest absolute Gasteiger partial charge is 0.200 e. The van der Waals surface area contributed by atoms with Crippen molar-refractivity contribution in [3.05, 3.63) is 94.1 Å². The van der Waals surface area contributed by atoms with E-state index in [4.69, 9.17) is 9.47 Å². The summed E-state index contributed by atoms with van der Waals surface area (Å²) in [6.07, 6.45) is 1.86. The van der Waals surface area contributed by atoms with Crippen molar-refractivity contribution in [1.29, 1.82) is 0 Å². The topological polar surface area (TPSA) is 35.5 Å². The van der Waals surface area contributed by atoms with E-state index in [1.54, 1.807) is 24.3 Å². The highest BCUT2D eigenvalue weighted by Gasteiger charge is 2.25. The number of carbonyl (C=O) groups is 1. The zero-order valence-corrected chi connectivity index (χ0v) is 16.7. The number of ether oxygens (including phenoxy) is 2. The van der Waals surface area contributed by atoms with Crippen LogP contribution in [0.1, 0.15) is 28.4 Å². The van der Waals surface area contributed by atoms with Crippen LogP contribution in [-0.2, 0) is 6.61 Å². The first-order chi connectivity index (χ1) is 14.2. The molecule has 0 saturated carbocycles. The molecule has 0 aliphatic carbocycles. The minimum atomic E-state index is -0.303. The van der Waals surface area contributed by atoms with E-state index < -0.39 is 0 Å². The van der Waals surface area contributed by atoms with Crippen molar-refractivity contribution in [2.45, 2.75) is 18.4 Å². The van der Waals surface area contributed by atoms with Gasteiger partial charge in [-0.2, -0.15) is 0 Å². The Morgan fingerprint density at radius 3 is 2.55 bits per heavy atom. The second kappa shape index (κ2) is 8.53. The van der Waals surface area contributed by atoms with E-state index >= 15 is 0 Å². The molecular formula is C24H19FO3S. The van der Waals surface area contributed by atoms with Crippen LogP contribution in [0.3, 0.4) is 0 Å². The number of halogens is 1. The normalized spacial score (nSPS) is 14.1. The highest BCUT2D eigenvalue weighted by Crippen LogP contribution is 2.41. The zero-order chi connectivity index (χ0) is 20.2. The Bertz CT molecular complexity index is 1090. The summed E-state index contributed by atoms with van der Waals surface area (Å²) in [5.41, 5.74) is 2.06. The average molecular weight is 406 g/mol. The number of ketones is 1. The molecule has 4 rings (SSSR count). The van der Waals surface area contributed by atoms with Gasteiger partial charge in [-0.3, -0.25) is 4.79 Å². The second-order valence-electron chi connectivity index (χ2n) is 6.46. The molecule has 0 atom stereocenters. The van der Waals surface area contributed by atoms with Crippen LogP contribution in [0.4, 0.5) is 4.39 Å². The quantitative estimate of drug-likeness (QED) is 0.461. The summed E-state index contributed by atoms with van der Waals surface area (Å²) in [6.45, 7) is 2.46. The molecule has 0 spiro atoms. The largest absolute Gasteiger partial charge is 0.490 e. The number of allylic oxidation sites excluding steroid dienone is 1. The highest BCUT2D eigenvalue weighted by molar-refractivity contribution is 8.04. The van der Waals surface area contributed by atoms with Gasteiger partial charge >= 0.3 is 0 Å². The van der Waals surface area contributed by atoms with E-state index in [0.717, 1.165) is 16.0 Å². The molecule has 0 bridgehead atoms. The Morgan fingerprint density at radius 2 is 1.76 bits per heavy atom. The molecule has 146 valence electrons. The van der Waals surface area contributed by atoms with Crippen LogP contribution in [-0.4, -0.2) is 12.4 Å². The fraction of sp³-hybridized carbons (Fsp3) is 0.125. The molecule has 0 radical (unpaired) electrons. The molecule has 1 heterocycles. The van der Waals surface area contributed by atoms with Crippen LogP contribution in [0.15, 0.2) is 76.5 Å². The minimum Gasteiger partial charge on any atom is -0.490 e. The van der Waals surface area contributed by atoms with Crippen LogP contribution < -0.4 is 9.47 Å². The van der Waals surface area contributed by atoms with Crippen molar-refractivity contribution < 1.29 is 18.7 Å². The van der Waals surface area contributed by atoms with Gasteiger partial charge in [0.25, 0.3) is 0 Å². The fourth-order valence-corrected chi connectivity index (χ4v) is 4.11. The number of carbonyl (C=O) groups excluding carboxylic acids is 1. The first-order valence-electron chi connectivity index (χ1n) is 9.32. The summed E-state index contributed by atoms with van der Waals surface area (Å²) in [5, 5.41) is 0. The Balaban J connectivity index is 1.56. The number of benzene rings is 3. The van der Waals surface area contributed by atoms with Crippen molar-refractivity contribution in [1.82, 2.24) is 0 Å². The number of hydrogen-bond donors (Lipinski definition) is 0. The minimum absolute atomic E-state index is 0.0310. The van der Waals surface area contributed by atoms with Crippen LogP contribution in [0, 0.1) is 5.82 Å². The summed E-state index contributed by atoms with van der Waals surface area (Å²) >= 11 is 1.47.